The van der Waals surface area contributed by atoms with E-state index in [9.17, 15) is 4.79 Å². The van der Waals surface area contributed by atoms with Gasteiger partial charge in [-0.15, -0.1) is 0 Å². The quantitative estimate of drug-likeness (QED) is 0.637. The van der Waals surface area contributed by atoms with Gasteiger partial charge in [-0.2, -0.15) is 0 Å². The van der Waals surface area contributed by atoms with Crippen LogP contribution in [0.25, 0.3) is 0 Å². The second-order valence-corrected chi connectivity index (χ2v) is 7.92. The summed E-state index contributed by atoms with van der Waals surface area (Å²) >= 11 is 9.31. The molecule has 1 amide bonds. The Kier molecular flexibility index (Phi) is 6.60. The first kappa shape index (κ1) is 19.2. The van der Waals surface area contributed by atoms with Gasteiger partial charge in [-0.1, -0.05) is 36.7 Å². The Labute approximate surface area is 168 Å². The topological polar surface area (TPSA) is 38.3 Å². The lowest BCUT2D eigenvalue weighted by atomic mass is 9.89. The number of halogens is 2. The highest BCUT2D eigenvalue weighted by molar-refractivity contribution is 9.10. The zero-order chi connectivity index (χ0) is 18.5. The van der Waals surface area contributed by atoms with Crippen LogP contribution in [0.1, 0.15) is 48.9 Å². The van der Waals surface area contributed by atoms with Gasteiger partial charge >= 0.3 is 0 Å². The number of nitrogens with one attached hydrogen (secondary N) is 1. The number of hydrogen-bond donors (Lipinski definition) is 1. The third-order valence-corrected chi connectivity index (χ3v) is 5.63. The Morgan fingerprint density at radius 2 is 1.96 bits per heavy atom. The van der Waals surface area contributed by atoms with Gasteiger partial charge in [0.2, 0.25) is 0 Å². The molecular formula is C21H23BrClNO2. The third kappa shape index (κ3) is 4.80. The zero-order valence-corrected chi connectivity index (χ0v) is 17.2. The molecule has 1 unspecified atom stereocenters. The van der Waals surface area contributed by atoms with Gasteiger partial charge in [0.25, 0.3) is 5.91 Å². The van der Waals surface area contributed by atoms with Crippen LogP contribution in [-0.2, 0) is 17.6 Å². The molecule has 138 valence electrons. The first-order valence-corrected chi connectivity index (χ1v) is 10.2. The van der Waals surface area contributed by atoms with Gasteiger partial charge in [0, 0.05) is 5.02 Å². The van der Waals surface area contributed by atoms with Crippen molar-refractivity contribution in [2.45, 2.75) is 45.1 Å². The van der Waals surface area contributed by atoms with Crippen LogP contribution < -0.4 is 10.1 Å². The van der Waals surface area contributed by atoms with Crippen LogP contribution in [0.15, 0.2) is 40.9 Å². The van der Waals surface area contributed by atoms with Crippen LogP contribution in [0, 0.1) is 0 Å². The number of hydrogen-bond acceptors (Lipinski definition) is 2. The van der Waals surface area contributed by atoms with Crippen LogP contribution in [0.3, 0.4) is 0 Å². The summed E-state index contributed by atoms with van der Waals surface area (Å²) in [6.07, 6.45) is 5.68. The van der Waals surface area contributed by atoms with Crippen LogP contribution >= 0.6 is 27.5 Å². The number of ether oxygens (including phenoxy) is 1. The molecule has 0 radical (unpaired) electrons. The summed E-state index contributed by atoms with van der Waals surface area (Å²) in [5.74, 6) is 0.475. The van der Waals surface area contributed by atoms with Crippen LogP contribution in [-0.4, -0.2) is 12.5 Å². The van der Waals surface area contributed by atoms with Crippen LogP contribution in [0.4, 0.5) is 0 Å². The number of amides is 1. The summed E-state index contributed by atoms with van der Waals surface area (Å²) in [4.78, 5) is 12.3. The minimum atomic E-state index is -0.128. The second-order valence-electron chi connectivity index (χ2n) is 6.63. The van der Waals surface area contributed by atoms with Crippen molar-refractivity contribution in [3.63, 3.8) is 0 Å². The van der Waals surface area contributed by atoms with Gasteiger partial charge in [0.1, 0.15) is 5.75 Å². The highest BCUT2D eigenvalue weighted by Crippen LogP contribution is 2.28. The molecule has 0 fully saturated rings. The summed E-state index contributed by atoms with van der Waals surface area (Å²) in [5.41, 5.74) is 4.06. The summed E-state index contributed by atoms with van der Waals surface area (Å²) < 4.78 is 6.34. The SMILES string of the molecule is CCC(NC(=O)COc1ccc(Cl)cc1Br)c1ccc2c(c1)CCCC2. The first-order chi connectivity index (χ1) is 12.6. The zero-order valence-electron chi connectivity index (χ0n) is 14.9. The van der Waals surface area contributed by atoms with E-state index in [0.29, 0.717) is 10.8 Å². The molecule has 3 rings (SSSR count). The van der Waals surface area contributed by atoms with E-state index in [2.05, 4.69) is 46.4 Å². The number of carbonyl (C=O) groups is 1. The largest absolute Gasteiger partial charge is 0.483 e. The highest BCUT2D eigenvalue weighted by atomic mass is 79.9. The summed E-state index contributed by atoms with van der Waals surface area (Å²) in [6.45, 7) is 2.06. The summed E-state index contributed by atoms with van der Waals surface area (Å²) in [7, 11) is 0. The molecule has 1 aliphatic rings. The molecule has 1 aliphatic carbocycles. The maximum atomic E-state index is 12.3. The van der Waals surface area contributed by atoms with Gasteiger partial charge in [-0.05, 0) is 82.9 Å². The molecular weight excluding hydrogens is 414 g/mol. The molecule has 3 nitrogen and oxygen atoms in total. The van der Waals surface area contributed by atoms with Crippen molar-refractivity contribution in [1.29, 1.82) is 0 Å². The van der Waals surface area contributed by atoms with Crippen LogP contribution in [0.2, 0.25) is 5.02 Å². The van der Waals surface area contributed by atoms with E-state index in [0.717, 1.165) is 17.3 Å². The van der Waals surface area contributed by atoms with Crippen molar-refractivity contribution < 1.29 is 9.53 Å². The molecule has 0 aromatic heterocycles. The first-order valence-electron chi connectivity index (χ1n) is 9.05. The normalized spacial score (nSPS) is 14.4. The Hall–Kier alpha value is -1.52. The van der Waals surface area contributed by atoms with E-state index in [4.69, 9.17) is 16.3 Å². The Morgan fingerprint density at radius 3 is 2.69 bits per heavy atom. The molecule has 0 heterocycles. The predicted octanol–water partition coefficient (Wildman–Crippen LogP) is 5.63. The van der Waals surface area contributed by atoms with Gasteiger partial charge in [0.15, 0.2) is 6.61 Å². The third-order valence-electron chi connectivity index (χ3n) is 4.77. The Balaban J connectivity index is 1.61. The van der Waals surface area contributed by atoms with Gasteiger partial charge in [-0.25, -0.2) is 0 Å². The predicted molar refractivity (Wildman–Crippen MR) is 109 cm³/mol. The Morgan fingerprint density at radius 1 is 1.19 bits per heavy atom. The molecule has 0 bridgehead atoms. The minimum Gasteiger partial charge on any atom is -0.483 e. The van der Waals surface area contributed by atoms with Crippen LogP contribution in [0.5, 0.6) is 5.75 Å². The number of benzene rings is 2. The fraction of sp³-hybridized carbons (Fsp3) is 0.381. The summed E-state index contributed by atoms with van der Waals surface area (Å²) in [6, 6.07) is 11.9. The highest BCUT2D eigenvalue weighted by Gasteiger charge is 2.16. The lowest BCUT2D eigenvalue weighted by Crippen LogP contribution is -2.32. The van der Waals surface area contributed by atoms with Crippen molar-refractivity contribution in [3.8, 4) is 5.75 Å². The average Bonchev–Trinajstić information content (AvgIpc) is 2.65. The molecule has 1 atom stereocenters. The Bertz CT molecular complexity index is 794. The molecule has 26 heavy (non-hydrogen) atoms. The molecule has 0 aliphatic heterocycles. The van der Waals surface area contributed by atoms with E-state index in [1.807, 2.05) is 0 Å². The fourth-order valence-corrected chi connectivity index (χ4v) is 4.16. The van der Waals surface area contributed by atoms with E-state index < -0.39 is 0 Å². The van der Waals surface area contributed by atoms with Crippen molar-refractivity contribution in [3.05, 3.63) is 62.6 Å². The molecule has 1 N–H and O–H groups in total. The maximum Gasteiger partial charge on any atom is 0.258 e. The minimum absolute atomic E-state index is 0.00647. The van der Waals surface area contributed by atoms with Crippen molar-refractivity contribution >= 4 is 33.4 Å². The molecule has 0 saturated carbocycles. The van der Waals surface area contributed by atoms with E-state index >= 15 is 0 Å². The lowest BCUT2D eigenvalue weighted by molar-refractivity contribution is -0.123. The van der Waals surface area contributed by atoms with E-state index in [1.54, 1.807) is 18.2 Å². The summed E-state index contributed by atoms with van der Waals surface area (Å²) in [5, 5.41) is 3.70. The number of carbonyl (C=O) groups excluding carboxylic acids is 1. The number of fused-ring (bicyclic) bond motifs is 1. The molecule has 2 aromatic rings. The second kappa shape index (κ2) is 8.92. The molecule has 5 heteroatoms. The lowest BCUT2D eigenvalue weighted by Gasteiger charge is -2.22. The van der Waals surface area contributed by atoms with Gasteiger partial charge in [0.05, 0.1) is 10.5 Å². The standard InChI is InChI=1S/C21H23BrClNO2/c1-2-19(16-8-7-14-5-3-4-6-15(14)11-16)24-21(25)13-26-20-10-9-17(23)12-18(20)22/h7-12,19H,2-6,13H2,1H3,(H,24,25). The number of aryl methyl sites for hydroxylation is 2. The number of rotatable bonds is 6. The van der Waals surface area contributed by atoms with Crippen molar-refractivity contribution in [2.24, 2.45) is 0 Å². The van der Waals surface area contributed by atoms with E-state index in [-0.39, 0.29) is 18.6 Å². The molecule has 0 spiro atoms. The fourth-order valence-electron chi connectivity index (χ4n) is 3.36. The molecule has 2 aromatic carbocycles. The molecule has 0 saturated heterocycles. The van der Waals surface area contributed by atoms with Crippen molar-refractivity contribution in [2.75, 3.05) is 6.61 Å². The monoisotopic (exact) mass is 435 g/mol. The van der Waals surface area contributed by atoms with Gasteiger partial charge in [-0.3, -0.25) is 4.79 Å². The van der Waals surface area contributed by atoms with E-state index in [1.165, 1.54) is 36.0 Å². The van der Waals surface area contributed by atoms with Gasteiger partial charge < -0.3 is 10.1 Å². The van der Waals surface area contributed by atoms with Crippen molar-refractivity contribution in [1.82, 2.24) is 5.32 Å². The maximum absolute atomic E-state index is 12.3. The smallest absolute Gasteiger partial charge is 0.258 e. The average molecular weight is 437 g/mol.